The van der Waals surface area contributed by atoms with Crippen molar-refractivity contribution in [1.82, 2.24) is 0 Å². The quantitative estimate of drug-likeness (QED) is 0.816. The van der Waals surface area contributed by atoms with Gasteiger partial charge in [0.2, 0.25) is 5.91 Å². The molecule has 1 amide bonds. The summed E-state index contributed by atoms with van der Waals surface area (Å²) in [4.78, 5) is 11.6. The van der Waals surface area contributed by atoms with Gasteiger partial charge in [0.05, 0.1) is 10.0 Å². The van der Waals surface area contributed by atoms with Gasteiger partial charge in [-0.25, -0.2) is 0 Å². The summed E-state index contributed by atoms with van der Waals surface area (Å²) in [5.74, 6) is -0.350. The number of halogens is 2. The number of amides is 1. The minimum Gasteiger partial charge on any atom is -0.505 e. The summed E-state index contributed by atoms with van der Waals surface area (Å²) in [7, 11) is 0. The van der Waals surface area contributed by atoms with Gasteiger partial charge in [0.1, 0.15) is 0 Å². The molecule has 0 aliphatic heterocycles. The fourth-order valence-electron chi connectivity index (χ4n) is 1.09. The third-order valence-electron chi connectivity index (χ3n) is 2.34. The zero-order valence-electron chi connectivity index (χ0n) is 9.05. The first-order chi connectivity index (χ1) is 7.45. The fourth-order valence-corrected chi connectivity index (χ4v) is 1.58. The highest BCUT2D eigenvalue weighted by molar-refractivity contribution is 6.37. The molecule has 0 aromatic heterocycles. The molecule has 3 nitrogen and oxygen atoms in total. The predicted octanol–water partition coefficient (Wildman–Crippen LogP) is 3.68. The molecule has 0 aliphatic rings. The Kier molecular flexibility index (Phi) is 4.44. The lowest BCUT2D eigenvalue weighted by molar-refractivity contribution is -0.119. The van der Waals surface area contributed by atoms with E-state index in [0.717, 1.165) is 6.42 Å². The summed E-state index contributed by atoms with van der Waals surface area (Å²) in [6.07, 6.45) is 0.755. The largest absolute Gasteiger partial charge is 0.505 e. The molecule has 0 bridgehead atoms. The lowest BCUT2D eigenvalue weighted by Gasteiger charge is -2.11. The first-order valence-corrected chi connectivity index (χ1v) is 5.70. The van der Waals surface area contributed by atoms with Gasteiger partial charge in [0.15, 0.2) is 5.75 Å². The van der Waals surface area contributed by atoms with Crippen molar-refractivity contribution in [2.45, 2.75) is 20.3 Å². The molecule has 1 aromatic carbocycles. The van der Waals surface area contributed by atoms with Gasteiger partial charge in [-0.2, -0.15) is 0 Å². The van der Waals surface area contributed by atoms with E-state index >= 15 is 0 Å². The Labute approximate surface area is 104 Å². The highest BCUT2D eigenvalue weighted by Gasteiger charge is 2.12. The van der Waals surface area contributed by atoms with E-state index in [9.17, 15) is 9.90 Å². The Bertz CT molecular complexity index is 384. The van der Waals surface area contributed by atoms with E-state index in [0.29, 0.717) is 5.69 Å². The summed E-state index contributed by atoms with van der Waals surface area (Å²) >= 11 is 11.5. The number of rotatable bonds is 3. The molecular weight excluding hydrogens is 249 g/mol. The molecule has 2 N–H and O–H groups in total. The van der Waals surface area contributed by atoms with Crippen LogP contribution in [-0.4, -0.2) is 11.0 Å². The van der Waals surface area contributed by atoms with Crippen LogP contribution in [0.2, 0.25) is 10.0 Å². The standard InChI is InChI=1S/C11H13Cl2NO2/c1-3-6(2)11(16)14-7-4-8(12)10(15)9(13)5-7/h4-6,15H,3H2,1-2H3,(H,14,16). The Morgan fingerprint density at radius 3 is 2.38 bits per heavy atom. The number of aromatic hydroxyl groups is 1. The van der Waals surface area contributed by atoms with Gasteiger partial charge >= 0.3 is 0 Å². The molecule has 0 fully saturated rings. The minimum absolute atomic E-state index is 0.0774. The molecule has 1 rings (SSSR count). The number of hydrogen-bond acceptors (Lipinski definition) is 2. The molecule has 1 atom stereocenters. The summed E-state index contributed by atoms with van der Waals surface area (Å²) in [6.45, 7) is 3.76. The van der Waals surface area contributed by atoms with Gasteiger partial charge in [-0.1, -0.05) is 37.0 Å². The second kappa shape index (κ2) is 5.41. The van der Waals surface area contributed by atoms with Crippen LogP contribution in [0.4, 0.5) is 5.69 Å². The average molecular weight is 262 g/mol. The van der Waals surface area contributed by atoms with E-state index in [1.54, 1.807) is 0 Å². The van der Waals surface area contributed by atoms with E-state index in [1.165, 1.54) is 12.1 Å². The number of hydrogen-bond donors (Lipinski definition) is 2. The third kappa shape index (κ3) is 3.03. The summed E-state index contributed by atoms with van der Waals surface area (Å²) < 4.78 is 0. The van der Waals surface area contributed by atoms with Crippen LogP contribution < -0.4 is 5.32 Å². The van der Waals surface area contributed by atoms with Crippen LogP contribution in [0.1, 0.15) is 20.3 Å². The van der Waals surface area contributed by atoms with Crippen molar-refractivity contribution >= 4 is 34.8 Å². The Morgan fingerprint density at radius 2 is 1.94 bits per heavy atom. The van der Waals surface area contributed by atoms with E-state index in [4.69, 9.17) is 23.2 Å². The lowest BCUT2D eigenvalue weighted by Crippen LogP contribution is -2.19. The Hall–Kier alpha value is -0.930. The number of carbonyl (C=O) groups excluding carboxylic acids is 1. The Morgan fingerprint density at radius 1 is 1.44 bits per heavy atom. The second-order valence-corrected chi connectivity index (χ2v) is 4.40. The molecule has 0 saturated heterocycles. The summed E-state index contributed by atoms with van der Waals surface area (Å²) in [5, 5.41) is 12.3. The molecule has 16 heavy (non-hydrogen) atoms. The molecule has 1 unspecified atom stereocenters. The molecule has 0 heterocycles. The van der Waals surface area contributed by atoms with Gasteiger partial charge in [-0.05, 0) is 18.6 Å². The van der Waals surface area contributed by atoms with Gasteiger partial charge in [-0.15, -0.1) is 0 Å². The molecule has 0 radical (unpaired) electrons. The maximum absolute atomic E-state index is 11.6. The number of benzene rings is 1. The monoisotopic (exact) mass is 261 g/mol. The summed E-state index contributed by atoms with van der Waals surface area (Å²) in [6, 6.07) is 2.92. The summed E-state index contributed by atoms with van der Waals surface area (Å²) in [5.41, 5.74) is 0.484. The smallest absolute Gasteiger partial charge is 0.227 e. The van der Waals surface area contributed by atoms with Gasteiger partial charge in [0.25, 0.3) is 0 Å². The Balaban J connectivity index is 2.87. The lowest BCUT2D eigenvalue weighted by atomic mass is 10.1. The van der Waals surface area contributed by atoms with Crippen molar-refractivity contribution in [2.24, 2.45) is 5.92 Å². The van der Waals surface area contributed by atoms with E-state index in [-0.39, 0.29) is 27.6 Å². The number of nitrogens with one attached hydrogen (secondary N) is 1. The van der Waals surface area contributed by atoms with Crippen LogP contribution in [-0.2, 0) is 4.79 Å². The zero-order valence-corrected chi connectivity index (χ0v) is 10.6. The highest BCUT2D eigenvalue weighted by Crippen LogP contribution is 2.34. The van der Waals surface area contributed by atoms with Crippen molar-refractivity contribution in [3.63, 3.8) is 0 Å². The van der Waals surface area contributed by atoms with Crippen LogP contribution in [0.15, 0.2) is 12.1 Å². The SMILES string of the molecule is CCC(C)C(=O)Nc1cc(Cl)c(O)c(Cl)c1. The van der Waals surface area contributed by atoms with Gasteiger partial charge < -0.3 is 10.4 Å². The number of phenolic OH excluding ortho intramolecular Hbond substituents is 1. The highest BCUT2D eigenvalue weighted by atomic mass is 35.5. The van der Waals surface area contributed by atoms with Crippen molar-refractivity contribution in [3.8, 4) is 5.75 Å². The van der Waals surface area contributed by atoms with E-state index in [2.05, 4.69) is 5.32 Å². The molecule has 0 saturated carbocycles. The van der Waals surface area contributed by atoms with E-state index < -0.39 is 0 Å². The first kappa shape index (κ1) is 13.1. The third-order valence-corrected chi connectivity index (χ3v) is 2.92. The molecule has 5 heteroatoms. The van der Waals surface area contributed by atoms with Crippen molar-refractivity contribution in [3.05, 3.63) is 22.2 Å². The first-order valence-electron chi connectivity index (χ1n) is 4.94. The van der Waals surface area contributed by atoms with Crippen molar-refractivity contribution in [1.29, 1.82) is 0 Å². The van der Waals surface area contributed by atoms with E-state index in [1.807, 2.05) is 13.8 Å². The van der Waals surface area contributed by atoms with Crippen LogP contribution in [0.25, 0.3) is 0 Å². The van der Waals surface area contributed by atoms with Crippen LogP contribution in [0, 0.1) is 5.92 Å². The average Bonchev–Trinajstić information content (AvgIpc) is 2.24. The number of carbonyl (C=O) groups is 1. The molecule has 0 spiro atoms. The molecule has 0 aliphatic carbocycles. The second-order valence-electron chi connectivity index (χ2n) is 3.59. The molecule has 88 valence electrons. The molecule has 1 aromatic rings. The predicted molar refractivity (Wildman–Crippen MR) is 66.2 cm³/mol. The van der Waals surface area contributed by atoms with Gasteiger partial charge in [0, 0.05) is 11.6 Å². The zero-order chi connectivity index (χ0) is 12.3. The molecular formula is C11H13Cl2NO2. The maximum atomic E-state index is 11.6. The topological polar surface area (TPSA) is 49.3 Å². The van der Waals surface area contributed by atoms with Crippen LogP contribution in [0.3, 0.4) is 0 Å². The minimum atomic E-state index is -0.176. The van der Waals surface area contributed by atoms with Crippen molar-refractivity contribution in [2.75, 3.05) is 5.32 Å². The normalized spacial score (nSPS) is 12.2. The van der Waals surface area contributed by atoms with Gasteiger partial charge in [-0.3, -0.25) is 4.79 Å². The number of anilines is 1. The van der Waals surface area contributed by atoms with Crippen LogP contribution >= 0.6 is 23.2 Å². The van der Waals surface area contributed by atoms with Crippen LogP contribution in [0.5, 0.6) is 5.75 Å². The number of phenols is 1. The van der Waals surface area contributed by atoms with Crippen molar-refractivity contribution < 1.29 is 9.90 Å². The fraction of sp³-hybridized carbons (Fsp3) is 0.364. The maximum Gasteiger partial charge on any atom is 0.227 e.